The number of carbonyl (C=O) groups excluding carboxylic acids is 1. The van der Waals surface area contributed by atoms with Crippen molar-refractivity contribution in [2.75, 3.05) is 6.61 Å². The molecule has 1 aromatic heterocycles. The van der Waals surface area contributed by atoms with Gasteiger partial charge < -0.3 is 9.47 Å². The zero-order chi connectivity index (χ0) is 32.2. The summed E-state index contributed by atoms with van der Waals surface area (Å²) in [5.74, 6) is -0.626. The number of benzene rings is 4. The number of hydrogen-bond acceptors (Lipinski definition) is 7. The number of esters is 1. The van der Waals surface area contributed by atoms with E-state index in [9.17, 15) is 19.2 Å². The maximum absolute atomic E-state index is 14.2. The standard InChI is InChI=1S/C36H25ClFN3O4S/c1-2-44-35(43)31-32(22-8-4-3-5-9-22)40-36-41(33(31)23-12-15-28(38)16-13-23)34(42)30(46-36)19-26-18-27(37)14-17-29(26)45-21-25-11-7-6-10-24(25)20-39/h3-19,33H,2,21H2,1H3/b30-19-/t33-/m1/s1. The van der Waals surface area contributed by atoms with E-state index in [0.717, 1.165) is 11.3 Å². The second-order valence-electron chi connectivity index (χ2n) is 10.2. The summed E-state index contributed by atoms with van der Waals surface area (Å²) in [6, 6.07) is 28.3. The molecule has 0 unspecified atom stereocenters. The van der Waals surface area contributed by atoms with Gasteiger partial charge in [0, 0.05) is 21.7 Å². The molecular formula is C36H25ClFN3O4S. The van der Waals surface area contributed by atoms with Gasteiger partial charge in [0.2, 0.25) is 0 Å². The van der Waals surface area contributed by atoms with Crippen LogP contribution < -0.4 is 19.6 Å². The fraction of sp³-hybridized carbons (Fsp3) is 0.111. The van der Waals surface area contributed by atoms with Crippen LogP contribution in [0.25, 0.3) is 11.8 Å². The van der Waals surface area contributed by atoms with Gasteiger partial charge in [0.25, 0.3) is 5.56 Å². The van der Waals surface area contributed by atoms with Gasteiger partial charge >= 0.3 is 5.97 Å². The number of hydrogen-bond donors (Lipinski definition) is 0. The third-order valence-corrected chi connectivity index (χ3v) is 8.56. The van der Waals surface area contributed by atoms with E-state index in [1.807, 2.05) is 42.5 Å². The first-order valence-corrected chi connectivity index (χ1v) is 15.5. The monoisotopic (exact) mass is 649 g/mol. The van der Waals surface area contributed by atoms with E-state index in [1.54, 1.807) is 55.5 Å². The first-order chi connectivity index (χ1) is 22.4. The molecule has 0 aliphatic carbocycles. The molecule has 0 saturated heterocycles. The number of halogens is 2. The number of nitrogens with zero attached hydrogens (tertiary/aromatic N) is 3. The van der Waals surface area contributed by atoms with E-state index in [1.165, 1.54) is 16.7 Å². The molecule has 2 heterocycles. The Morgan fingerprint density at radius 2 is 1.80 bits per heavy atom. The van der Waals surface area contributed by atoms with Crippen LogP contribution in [0.1, 0.15) is 40.8 Å². The van der Waals surface area contributed by atoms with Gasteiger partial charge in [0.05, 0.1) is 40.1 Å². The lowest BCUT2D eigenvalue weighted by atomic mass is 9.93. The van der Waals surface area contributed by atoms with Crippen LogP contribution in [-0.2, 0) is 16.1 Å². The molecule has 5 aromatic rings. The number of fused-ring (bicyclic) bond motifs is 1. The summed E-state index contributed by atoms with van der Waals surface area (Å²) in [6.07, 6.45) is 1.67. The Morgan fingerprint density at radius 3 is 2.54 bits per heavy atom. The van der Waals surface area contributed by atoms with Crippen molar-refractivity contribution in [3.8, 4) is 11.8 Å². The van der Waals surface area contributed by atoms with Gasteiger partial charge in [0.1, 0.15) is 18.2 Å². The third kappa shape index (κ3) is 6.13. The van der Waals surface area contributed by atoms with Gasteiger partial charge in [-0.15, -0.1) is 0 Å². The summed E-state index contributed by atoms with van der Waals surface area (Å²) in [6.45, 7) is 1.94. The molecule has 1 aliphatic rings. The maximum atomic E-state index is 14.2. The Labute approximate surface area is 272 Å². The second-order valence-corrected chi connectivity index (χ2v) is 11.7. The van der Waals surface area contributed by atoms with Crippen molar-refractivity contribution in [1.29, 1.82) is 5.26 Å². The Kier molecular flexibility index (Phi) is 8.92. The Balaban J connectivity index is 1.53. The van der Waals surface area contributed by atoms with Gasteiger partial charge in [-0.2, -0.15) is 5.26 Å². The fourth-order valence-electron chi connectivity index (χ4n) is 5.22. The van der Waals surface area contributed by atoms with Crippen molar-refractivity contribution in [2.24, 2.45) is 4.99 Å². The van der Waals surface area contributed by atoms with Crippen LogP contribution in [0.15, 0.2) is 112 Å². The van der Waals surface area contributed by atoms with Crippen LogP contribution >= 0.6 is 22.9 Å². The number of thiazole rings is 1. The van der Waals surface area contributed by atoms with Crippen molar-refractivity contribution >= 4 is 40.7 Å². The number of nitriles is 1. The van der Waals surface area contributed by atoms with E-state index < -0.39 is 23.4 Å². The molecule has 0 N–H and O–H groups in total. The smallest absolute Gasteiger partial charge is 0.338 e. The van der Waals surface area contributed by atoms with Gasteiger partial charge in [0.15, 0.2) is 4.80 Å². The first-order valence-electron chi connectivity index (χ1n) is 14.3. The minimum Gasteiger partial charge on any atom is -0.488 e. The lowest BCUT2D eigenvalue weighted by Crippen LogP contribution is -2.40. The molecule has 0 amide bonds. The molecule has 6 rings (SSSR count). The molecule has 0 radical (unpaired) electrons. The SMILES string of the molecule is CCOC(=O)C1=C(c2ccccc2)N=c2s/c(=C\c3cc(Cl)ccc3OCc3ccccc3C#N)c(=O)n2[C@@H]1c1ccc(F)cc1. The molecule has 10 heteroatoms. The average Bonchev–Trinajstić information content (AvgIpc) is 3.38. The van der Waals surface area contributed by atoms with E-state index >= 15 is 0 Å². The van der Waals surface area contributed by atoms with Crippen LogP contribution in [0.5, 0.6) is 5.75 Å². The van der Waals surface area contributed by atoms with E-state index in [4.69, 9.17) is 26.1 Å². The normalized spacial score (nSPS) is 14.3. The summed E-state index contributed by atoms with van der Waals surface area (Å²) < 4.78 is 27.4. The van der Waals surface area contributed by atoms with Crippen molar-refractivity contribution in [3.05, 3.63) is 161 Å². The van der Waals surface area contributed by atoms with Gasteiger partial charge in [-0.05, 0) is 55.0 Å². The fourth-order valence-corrected chi connectivity index (χ4v) is 6.39. The molecule has 0 fully saturated rings. The maximum Gasteiger partial charge on any atom is 0.338 e. The lowest BCUT2D eigenvalue weighted by Gasteiger charge is -2.25. The molecule has 7 nitrogen and oxygen atoms in total. The molecule has 228 valence electrons. The minimum atomic E-state index is -0.939. The number of ether oxygens (including phenoxy) is 2. The van der Waals surface area contributed by atoms with E-state index in [0.29, 0.717) is 53.6 Å². The van der Waals surface area contributed by atoms with Crippen LogP contribution in [0, 0.1) is 17.1 Å². The third-order valence-electron chi connectivity index (χ3n) is 7.34. The summed E-state index contributed by atoms with van der Waals surface area (Å²) in [7, 11) is 0. The number of carbonyl (C=O) groups is 1. The van der Waals surface area contributed by atoms with Crippen LogP contribution in [0.4, 0.5) is 4.39 Å². The summed E-state index contributed by atoms with van der Waals surface area (Å²) in [4.78, 5) is 33.0. The molecule has 0 saturated carbocycles. The number of aromatic nitrogens is 1. The zero-order valence-electron chi connectivity index (χ0n) is 24.4. The van der Waals surface area contributed by atoms with Crippen molar-refractivity contribution in [1.82, 2.24) is 4.57 Å². The summed E-state index contributed by atoms with van der Waals surface area (Å²) in [5.41, 5.74) is 3.06. The molecular weight excluding hydrogens is 625 g/mol. The largest absolute Gasteiger partial charge is 0.488 e. The zero-order valence-corrected chi connectivity index (χ0v) is 26.0. The van der Waals surface area contributed by atoms with Crippen molar-refractivity contribution < 1.29 is 18.7 Å². The van der Waals surface area contributed by atoms with Gasteiger partial charge in [-0.25, -0.2) is 14.2 Å². The summed E-state index contributed by atoms with van der Waals surface area (Å²) in [5, 5.41) is 9.91. The predicted molar refractivity (Wildman–Crippen MR) is 174 cm³/mol. The quantitative estimate of drug-likeness (QED) is 0.187. The lowest BCUT2D eigenvalue weighted by molar-refractivity contribution is -0.138. The average molecular weight is 650 g/mol. The van der Waals surface area contributed by atoms with Crippen LogP contribution in [-0.4, -0.2) is 17.1 Å². The highest BCUT2D eigenvalue weighted by atomic mass is 35.5. The predicted octanol–water partition coefficient (Wildman–Crippen LogP) is 6.18. The molecule has 1 atom stereocenters. The van der Waals surface area contributed by atoms with E-state index in [2.05, 4.69) is 6.07 Å². The number of rotatable bonds is 8. The van der Waals surface area contributed by atoms with E-state index in [-0.39, 0.29) is 18.8 Å². The Hall–Kier alpha value is -5.30. The molecule has 1 aliphatic heterocycles. The Morgan fingerprint density at radius 1 is 1.07 bits per heavy atom. The summed E-state index contributed by atoms with van der Waals surface area (Å²) >= 11 is 7.51. The molecule has 0 spiro atoms. The van der Waals surface area contributed by atoms with Gasteiger partial charge in [-0.1, -0.05) is 83.6 Å². The van der Waals surface area contributed by atoms with Crippen molar-refractivity contribution in [2.45, 2.75) is 19.6 Å². The topological polar surface area (TPSA) is 93.7 Å². The second kappa shape index (κ2) is 13.4. The highest BCUT2D eigenvalue weighted by Gasteiger charge is 2.35. The first kappa shape index (κ1) is 30.7. The molecule has 0 bridgehead atoms. The van der Waals surface area contributed by atoms with Crippen molar-refractivity contribution in [3.63, 3.8) is 0 Å². The highest BCUT2D eigenvalue weighted by molar-refractivity contribution is 7.07. The molecule has 46 heavy (non-hydrogen) atoms. The van der Waals surface area contributed by atoms with Gasteiger partial charge in [-0.3, -0.25) is 9.36 Å². The minimum absolute atomic E-state index is 0.112. The highest BCUT2D eigenvalue weighted by Crippen LogP contribution is 2.35. The molecule has 4 aromatic carbocycles. The van der Waals surface area contributed by atoms with Crippen LogP contribution in [0.3, 0.4) is 0 Å². The Bertz CT molecular complexity index is 2200. The van der Waals surface area contributed by atoms with Crippen LogP contribution in [0.2, 0.25) is 5.02 Å².